The number of aliphatic hydroxyl groups is 3. The van der Waals surface area contributed by atoms with Crippen LogP contribution in [0, 0.1) is 5.41 Å². The second-order valence-electron chi connectivity index (χ2n) is 13.2. The van der Waals surface area contributed by atoms with Gasteiger partial charge in [-0.1, -0.05) is 13.0 Å². The van der Waals surface area contributed by atoms with Crippen LogP contribution in [0.15, 0.2) is 59.5 Å². The highest BCUT2D eigenvalue weighted by molar-refractivity contribution is 9.10. The third-order valence-corrected chi connectivity index (χ3v) is 9.14. The van der Waals surface area contributed by atoms with Gasteiger partial charge in [-0.05, 0) is 92.5 Å². The zero-order chi connectivity index (χ0) is 35.9. The molecule has 1 aromatic carbocycles. The van der Waals surface area contributed by atoms with Crippen molar-refractivity contribution in [3.8, 4) is 23.0 Å². The molecule has 0 spiro atoms. The van der Waals surface area contributed by atoms with Gasteiger partial charge in [-0.2, -0.15) is 0 Å². The number of hydrogen-bond donors (Lipinski definition) is 3. The van der Waals surface area contributed by atoms with E-state index in [1.165, 1.54) is 4.90 Å². The lowest BCUT2D eigenvalue weighted by molar-refractivity contribution is -0.141. The van der Waals surface area contributed by atoms with E-state index in [9.17, 15) is 20.1 Å². The maximum absolute atomic E-state index is 12.6. The van der Waals surface area contributed by atoms with Crippen LogP contribution in [0.2, 0.25) is 0 Å². The molecular formula is C36H49BrN4O8. The van der Waals surface area contributed by atoms with Crippen LogP contribution in [0.5, 0.6) is 23.0 Å². The predicted molar refractivity (Wildman–Crippen MR) is 190 cm³/mol. The fourth-order valence-electron chi connectivity index (χ4n) is 5.87. The van der Waals surface area contributed by atoms with Crippen LogP contribution in [0.3, 0.4) is 0 Å². The number of amides is 1. The van der Waals surface area contributed by atoms with Crippen LogP contribution >= 0.6 is 15.9 Å². The van der Waals surface area contributed by atoms with E-state index in [2.05, 4.69) is 30.8 Å². The summed E-state index contributed by atoms with van der Waals surface area (Å²) in [6.45, 7) is 12.8. The van der Waals surface area contributed by atoms with Crippen molar-refractivity contribution >= 4 is 27.7 Å². The van der Waals surface area contributed by atoms with Crippen molar-refractivity contribution in [2.45, 2.75) is 78.0 Å². The predicted octanol–water partition coefficient (Wildman–Crippen LogP) is 4.44. The first kappa shape index (κ1) is 38.2. The number of methoxy groups -OCH3 is 1. The molecule has 0 bridgehead atoms. The van der Waals surface area contributed by atoms with Gasteiger partial charge < -0.3 is 44.1 Å². The van der Waals surface area contributed by atoms with E-state index >= 15 is 0 Å². The molecule has 2 aliphatic rings. The van der Waals surface area contributed by atoms with Crippen molar-refractivity contribution in [1.29, 1.82) is 0 Å². The highest BCUT2D eigenvalue weighted by Crippen LogP contribution is 2.47. The average Bonchev–Trinajstić information content (AvgIpc) is 3.42. The summed E-state index contributed by atoms with van der Waals surface area (Å²) in [7, 11) is 1.59. The molecule has 2 saturated heterocycles. The number of benzene rings is 1. The lowest BCUT2D eigenvalue weighted by Crippen LogP contribution is -2.54. The van der Waals surface area contributed by atoms with Gasteiger partial charge in [-0.3, -0.25) is 4.79 Å². The zero-order valence-corrected chi connectivity index (χ0v) is 30.8. The van der Waals surface area contributed by atoms with Crippen LogP contribution < -0.4 is 23.8 Å². The lowest BCUT2D eigenvalue weighted by Gasteiger charge is -2.40. The van der Waals surface area contributed by atoms with Crippen molar-refractivity contribution in [3.63, 3.8) is 0 Å². The molecule has 2 aliphatic heterocycles. The van der Waals surface area contributed by atoms with Gasteiger partial charge in [0.15, 0.2) is 17.6 Å². The minimum atomic E-state index is -1.48. The quantitative estimate of drug-likeness (QED) is 0.226. The van der Waals surface area contributed by atoms with E-state index in [0.29, 0.717) is 31.1 Å². The molecule has 0 saturated carbocycles. The third kappa shape index (κ3) is 9.74. The fourth-order valence-corrected chi connectivity index (χ4v) is 6.10. The topological polar surface area (TPSA) is 147 Å². The normalized spacial score (nSPS) is 20.3. The lowest BCUT2D eigenvalue weighted by atomic mass is 9.72. The summed E-state index contributed by atoms with van der Waals surface area (Å²) in [5, 5.41) is 29.8. The molecule has 0 unspecified atom stereocenters. The van der Waals surface area contributed by atoms with Crippen LogP contribution in [0.4, 0.5) is 5.82 Å². The Bertz CT molecular complexity index is 1500. The SMILES string of the molecule is CC(C)Oc1ccc(Br)nc1.COc1ccc([C@@H]2CN(C(=O)[C@@H](O)CO)C[C@@]2(C)[C@@H](C)O)cc1OC1CN(c2ccc(OC(C)C)cn2)C1. The Balaban J connectivity index is 0.000000418. The van der Waals surface area contributed by atoms with E-state index in [1.807, 2.05) is 77.1 Å². The Kier molecular flexibility index (Phi) is 13.1. The minimum absolute atomic E-state index is 0.0583. The molecular weight excluding hydrogens is 696 g/mol. The second kappa shape index (κ2) is 16.8. The van der Waals surface area contributed by atoms with Crippen LogP contribution in [-0.2, 0) is 4.79 Å². The molecule has 2 aromatic heterocycles. The van der Waals surface area contributed by atoms with E-state index in [4.69, 9.17) is 18.9 Å². The largest absolute Gasteiger partial charge is 0.493 e. The number of anilines is 1. The van der Waals surface area contributed by atoms with Gasteiger partial charge in [0, 0.05) is 24.4 Å². The second-order valence-corrected chi connectivity index (χ2v) is 14.0. The highest BCUT2D eigenvalue weighted by atomic mass is 79.9. The van der Waals surface area contributed by atoms with Crippen molar-refractivity contribution in [3.05, 3.63) is 65.0 Å². The summed E-state index contributed by atoms with van der Waals surface area (Å²) in [4.78, 5) is 24.8. The molecule has 0 radical (unpaired) electrons. The Morgan fingerprint density at radius 3 is 2.08 bits per heavy atom. The average molecular weight is 746 g/mol. The van der Waals surface area contributed by atoms with E-state index in [0.717, 1.165) is 27.5 Å². The number of halogens is 1. The number of ether oxygens (including phenoxy) is 4. The van der Waals surface area contributed by atoms with Crippen molar-refractivity contribution in [1.82, 2.24) is 14.9 Å². The van der Waals surface area contributed by atoms with Gasteiger partial charge in [0.05, 0.1) is 57.5 Å². The molecule has 4 heterocycles. The standard InChI is InChI=1S/C28H39N3O7.C8H10BrNO/c1-17(2)37-20-7-9-26(29-11-20)30-12-21(13-30)38-25-10-19(6-8-24(25)36-5)22-14-31(27(35)23(34)15-32)16-28(22,4)18(3)33;1-6(2)11-7-3-4-8(9)10-5-7/h6-11,17-18,21-23,32-34H,12-16H2,1-5H3;3-6H,1-2H3/t18-,22+,23+,28+;/m1./s1. The van der Waals surface area contributed by atoms with Crippen LogP contribution in [0.1, 0.15) is 53.0 Å². The van der Waals surface area contributed by atoms with Gasteiger partial charge in [0.2, 0.25) is 0 Å². The Labute approximate surface area is 297 Å². The molecule has 0 aliphatic carbocycles. The van der Waals surface area contributed by atoms with Gasteiger partial charge in [-0.25, -0.2) is 9.97 Å². The number of aliphatic hydroxyl groups excluding tert-OH is 3. The van der Waals surface area contributed by atoms with Gasteiger partial charge in [-0.15, -0.1) is 0 Å². The minimum Gasteiger partial charge on any atom is -0.493 e. The molecule has 4 atom stereocenters. The third-order valence-electron chi connectivity index (χ3n) is 8.67. The Hall–Kier alpha value is -3.65. The Morgan fingerprint density at radius 1 is 0.939 bits per heavy atom. The zero-order valence-electron chi connectivity index (χ0n) is 29.2. The summed E-state index contributed by atoms with van der Waals surface area (Å²) >= 11 is 3.24. The molecule has 268 valence electrons. The van der Waals surface area contributed by atoms with E-state index in [-0.39, 0.29) is 30.8 Å². The van der Waals surface area contributed by atoms with Gasteiger partial charge in [0.1, 0.15) is 28.0 Å². The summed E-state index contributed by atoms with van der Waals surface area (Å²) in [5.41, 5.74) is 0.248. The smallest absolute Gasteiger partial charge is 0.253 e. The molecule has 1 amide bonds. The van der Waals surface area contributed by atoms with E-state index in [1.54, 1.807) is 26.4 Å². The number of rotatable bonds is 12. The number of carbonyl (C=O) groups excluding carboxylic acids is 1. The highest BCUT2D eigenvalue weighted by Gasteiger charge is 2.49. The Morgan fingerprint density at radius 2 is 1.57 bits per heavy atom. The summed E-state index contributed by atoms with van der Waals surface area (Å²) in [6.07, 6.45) is 1.47. The number of likely N-dealkylation sites (tertiary alicyclic amines) is 1. The molecule has 12 nitrogen and oxygen atoms in total. The fraction of sp³-hybridized carbons (Fsp3) is 0.528. The maximum Gasteiger partial charge on any atom is 0.253 e. The van der Waals surface area contributed by atoms with Gasteiger partial charge in [0.25, 0.3) is 5.91 Å². The summed E-state index contributed by atoms with van der Waals surface area (Å²) in [5.74, 6) is 2.84. The van der Waals surface area contributed by atoms with Crippen molar-refractivity contribution < 1.29 is 39.1 Å². The van der Waals surface area contributed by atoms with Crippen molar-refractivity contribution in [2.24, 2.45) is 5.41 Å². The number of pyridine rings is 2. The first-order valence-electron chi connectivity index (χ1n) is 16.5. The maximum atomic E-state index is 12.6. The van der Waals surface area contributed by atoms with E-state index < -0.39 is 30.1 Å². The summed E-state index contributed by atoms with van der Waals surface area (Å²) < 4.78 is 23.8. The monoisotopic (exact) mass is 744 g/mol. The molecule has 13 heteroatoms. The molecule has 3 aromatic rings. The van der Waals surface area contributed by atoms with Crippen LogP contribution in [-0.4, -0.2) is 107 Å². The number of nitrogens with zero attached hydrogens (tertiary/aromatic N) is 4. The summed E-state index contributed by atoms with van der Waals surface area (Å²) in [6, 6.07) is 13.3. The number of aromatic nitrogens is 2. The van der Waals surface area contributed by atoms with Crippen LogP contribution in [0.25, 0.3) is 0 Å². The number of hydrogen-bond acceptors (Lipinski definition) is 11. The van der Waals surface area contributed by atoms with Crippen molar-refractivity contribution in [2.75, 3.05) is 44.8 Å². The molecule has 2 fully saturated rings. The molecule has 5 rings (SSSR count). The first-order valence-corrected chi connectivity index (χ1v) is 17.3. The first-order chi connectivity index (χ1) is 23.2. The number of carbonyl (C=O) groups is 1. The molecule has 49 heavy (non-hydrogen) atoms. The van der Waals surface area contributed by atoms with Gasteiger partial charge >= 0.3 is 0 Å². The molecule has 3 N–H and O–H groups in total.